The molecule has 0 radical (unpaired) electrons. The Morgan fingerprint density at radius 2 is 2.00 bits per heavy atom. The number of carbonyl (C=O) groups is 1. The first-order valence-electron chi connectivity index (χ1n) is 5.23. The second kappa shape index (κ2) is 4.23. The van der Waals surface area contributed by atoms with Crippen molar-refractivity contribution >= 4 is 5.97 Å². The molecule has 0 saturated carbocycles. The van der Waals surface area contributed by atoms with Crippen LogP contribution in [0.1, 0.15) is 18.1 Å². The van der Waals surface area contributed by atoms with E-state index in [4.69, 9.17) is 4.74 Å². The molecule has 0 saturated heterocycles. The number of aliphatic hydroxyl groups is 2. The maximum Gasteiger partial charge on any atom is 0.308 e. The molecule has 0 aliphatic heterocycles. The van der Waals surface area contributed by atoms with E-state index in [1.165, 1.54) is 6.92 Å². The van der Waals surface area contributed by atoms with E-state index >= 15 is 0 Å². The summed E-state index contributed by atoms with van der Waals surface area (Å²) in [5.41, 5.74) is 1.74. The van der Waals surface area contributed by atoms with Crippen LogP contribution < -0.4 is 4.74 Å². The molecule has 0 bridgehead atoms. The van der Waals surface area contributed by atoms with E-state index in [1.807, 2.05) is 6.07 Å². The fourth-order valence-corrected chi connectivity index (χ4v) is 1.99. The summed E-state index contributed by atoms with van der Waals surface area (Å²) in [6.07, 6.45) is -0.810. The van der Waals surface area contributed by atoms with Gasteiger partial charge in [0.15, 0.2) is 0 Å². The number of benzene rings is 1. The van der Waals surface area contributed by atoms with E-state index in [0.717, 1.165) is 11.1 Å². The SMILES string of the molecule is CC(=O)Oc1cccc2c1C[C@H](O)[C@H](O)C2. The number of hydrogen-bond acceptors (Lipinski definition) is 4. The average Bonchev–Trinajstić information content (AvgIpc) is 2.20. The minimum absolute atomic E-state index is 0.319. The maximum absolute atomic E-state index is 10.9. The lowest BCUT2D eigenvalue weighted by molar-refractivity contribution is -0.132. The quantitative estimate of drug-likeness (QED) is 0.534. The highest BCUT2D eigenvalue weighted by Crippen LogP contribution is 2.30. The van der Waals surface area contributed by atoms with Crippen LogP contribution in [-0.4, -0.2) is 28.4 Å². The summed E-state index contributed by atoms with van der Waals surface area (Å²) in [5, 5.41) is 19.1. The van der Waals surface area contributed by atoms with Gasteiger partial charge in [0.05, 0.1) is 12.2 Å². The lowest BCUT2D eigenvalue weighted by Crippen LogP contribution is -2.34. The molecule has 0 aromatic heterocycles. The first-order valence-corrected chi connectivity index (χ1v) is 5.23. The van der Waals surface area contributed by atoms with Crippen LogP contribution >= 0.6 is 0 Å². The normalized spacial score (nSPS) is 23.7. The minimum Gasteiger partial charge on any atom is -0.426 e. The van der Waals surface area contributed by atoms with Gasteiger partial charge in [-0.25, -0.2) is 0 Å². The van der Waals surface area contributed by atoms with Gasteiger partial charge < -0.3 is 14.9 Å². The molecular formula is C12H14O4. The fraction of sp³-hybridized carbons (Fsp3) is 0.417. The second-order valence-corrected chi connectivity index (χ2v) is 4.03. The molecule has 1 aliphatic rings. The van der Waals surface area contributed by atoms with Crippen LogP contribution in [0.15, 0.2) is 18.2 Å². The molecule has 1 aliphatic carbocycles. The van der Waals surface area contributed by atoms with Crippen molar-refractivity contribution in [1.82, 2.24) is 0 Å². The highest BCUT2D eigenvalue weighted by Gasteiger charge is 2.27. The van der Waals surface area contributed by atoms with E-state index in [2.05, 4.69) is 0 Å². The van der Waals surface area contributed by atoms with E-state index in [1.54, 1.807) is 12.1 Å². The first-order chi connectivity index (χ1) is 7.58. The van der Waals surface area contributed by atoms with Crippen LogP contribution in [-0.2, 0) is 17.6 Å². The number of hydrogen-bond donors (Lipinski definition) is 2. The zero-order valence-electron chi connectivity index (χ0n) is 9.01. The van der Waals surface area contributed by atoms with Gasteiger partial charge in [0.2, 0.25) is 0 Å². The Labute approximate surface area is 93.5 Å². The zero-order chi connectivity index (χ0) is 11.7. The van der Waals surface area contributed by atoms with Crippen molar-refractivity contribution in [1.29, 1.82) is 0 Å². The number of ether oxygens (including phenoxy) is 1. The van der Waals surface area contributed by atoms with Crippen molar-refractivity contribution in [2.24, 2.45) is 0 Å². The van der Waals surface area contributed by atoms with Crippen molar-refractivity contribution in [2.75, 3.05) is 0 Å². The number of esters is 1. The van der Waals surface area contributed by atoms with Crippen LogP contribution in [0.5, 0.6) is 5.75 Å². The van der Waals surface area contributed by atoms with E-state index in [0.29, 0.717) is 18.6 Å². The third-order valence-electron chi connectivity index (χ3n) is 2.77. The molecule has 0 spiro atoms. The summed E-state index contributed by atoms with van der Waals surface area (Å²) in [7, 11) is 0. The Bertz CT molecular complexity index is 413. The van der Waals surface area contributed by atoms with Crippen molar-refractivity contribution < 1.29 is 19.7 Å². The van der Waals surface area contributed by atoms with Crippen LogP contribution in [0.25, 0.3) is 0 Å². The monoisotopic (exact) mass is 222 g/mol. The van der Waals surface area contributed by atoms with Crippen LogP contribution in [0, 0.1) is 0 Å². The van der Waals surface area contributed by atoms with Gasteiger partial charge >= 0.3 is 5.97 Å². The Kier molecular flexibility index (Phi) is 2.94. The largest absolute Gasteiger partial charge is 0.426 e. The Morgan fingerprint density at radius 3 is 2.69 bits per heavy atom. The van der Waals surface area contributed by atoms with Crippen molar-refractivity contribution in [3.8, 4) is 5.75 Å². The molecule has 1 aromatic rings. The predicted octanol–water partition coefficient (Wildman–Crippen LogP) is 0.432. The summed E-state index contributed by atoms with van der Waals surface area (Å²) in [5.74, 6) is 0.102. The molecule has 4 nitrogen and oxygen atoms in total. The highest BCUT2D eigenvalue weighted by atomic mass is 16.5. The number of carbonyl (C=O) groups excluding carboxylic acids is 1. The van der Waals surface area contributed by atoms with E-state index in [-0.39, 0.29) is 5.97 Å². The topological polar surface area (TPSA) is 66.8 Å². The third kappa shape index (κ3) is 2.08. The van der Waals surface area contributed by atoms with Crippen molar-refractivity contribution in [3.05, 3.63) is 29.3 Å². The Morgan fingerprint density at radius 1 is 1.31 bits per heavy atom. The minimum atomic E-state index is -0.788. The summed E-state index contributed by atoms with van der Waals surface area (Å²) in [6, 6.07) is 5.35. The standard InChI is InChI=1S/C12H14O4/c1-7(13)16-12-4-2-3-8-5-10(14)11(15)6-9(8)12/h2-4,10-11,14-15H,5-6H2,1H3/t10-,11+/m1/s1. The number of aliphatic hydroxyl groups excluding tert-OH is 2. The van der Waals surface area contributed by atoms with Gasteiger partial charge in [-0.3, -0.25) is 4.79 Å². The summed E-state index contributed by atoms with van der Waals surface area (Å²) in [4.78, 5) is 10.9. The molecule has 0 fully saturated rings. The maximum atomic E-state index is 10.9. The highest BCUT2D eigenvalue weighted by molar-refractivity contribution is 5.70. The lowest BCUT2D eigenvalue weighted by atomic mass is 9.87. The van der Waals surface area contributed by atoms with Gasteiger partial charge in [0.1, 0.15) is 5.75 Å². The van der Waals surface area contributed by atoms with Gasteiger partial charge in [-0.15, -0.1) is 0 Å². The second-order valence-electron chi connectivity index (χ2n) is 4.03. The number of fused-ring (bicyclic) bond motifs is 1. The van der Waals surface area contributed by atoms with Gasteiger partial charge in [-0.1, -0.05) is 12.1 Å². The average molecular weight is 222 g/mol. The Balaban J connectivity index is 2.36. The molecule has 1 aromatic carbocycles. The van der Waals surface area contributed by atoms with Gasteiger partial charge in [-0.05, 0) is 11.6 Å². The van der Waals surface area contributed by atoms with E-state index in [9.17, 15) is 15.0 Å². The van der Waals surface area contributed by atoms with Gasteiger partial charge in [-0.2, -0.15) is 0 Å². The van der Waals surface area contributed by atoms with Crippen LogP contribution in [0.2, 0.25) is 0 Å². The smallest absolute Gasteiger partial charge is 0.308 e. The molecule has 2 N–H and O–H groups in total. The fourth-order valence-electron chi connectivity index (χ4n) is 1.99. The summed E-state index contributed by atoms with van der Waals surface area (Å²) in [6.45, 7) is 1.34. The van der Waals surface area contributed by atoms with Gasteiger partial charge in [0, 0.05) is 25.3 Å². The van der Waals surface area contributed by atoms with Gasteiger partial charge in [0.25, 0.3) is 0 Å². The summed E-state index contributed by atoms with van der Waals surface area (Å²) >= 11 is 0. The van der Waals surface area contributed by atoms with Crippen LogP contribution in [0.4, 0.5) is 0 Å². The lowest BCUT2D eigenvalue weighted by Gasteiger charge is -2.27. The molecule has 2 atom stereocenters. The number of rotatable bonds is 1. The molecule has 16 heavy (non-hydrogen) atoms. The zero-order valence-corrected chi connectivity index (χ0v) is 9.01. The molecule has 0 heterocycles. The van der Waals surface area contributed by atoms with E-state index < -0.39 is 12.2 Å². The molecule has 0 amide bonds. The van der Waals surface area contributed by atoms with Crippen molar-refractivity contribution in [2.45, 2.75) is 32.0 Å². The molecule has 4 heteroatoms. The first kappa shape index (κ1) is 11.1. The summed E-state index contributed by atoms with van der Waals surface area (Å²) < 4.78 is 5.06. The third-order valence-corrected chi connectivity index (χ3v) is 2.77. The van der Waals surface area contributed by atoms with Crippen LogP contribution in [0.3, 0.4) is 0 Å². The Hall–Kier alpha value is -1.39. The molecular weight excluding hydrogens is 208 g/mol. The molecule has 86 valence electrons. The molecule has 2 rings (SSSR count). The van der Waals surface area contributed by atoms with Crippen molar-refractivity contribution in [3.63, 3.8) is 0 Å². The predicted molar refractivity (Wildman–Crippen MR) is 57.2 cm³/mol. The molecule has 0 unspecified atom stereocenters.